The number of nitrogens with zero attached hydrogens (tertiary/aromatic N) is 1. The number of hydrogen-bond acceptors (Lipinski definition) is 4. The van der Waals surface area contributed by atoms with E-state index in [1.165, 1.54) is 42.5 Å². The van der Waals surface area contributed by atoms with E-state index in [1.54, 1.807) is 24.3 Å². The maximum absolute atomic E-state index is 12.9. The largest absolute Gasteiger partial charge is 0.435 e. The van der Waals surface area contributed by atoms with E-state index in [4.69, 9.17) is 11.6 Å². The zero-order valence-corrected chi connectivity index (χ0v) is 16.4. The Morgan fingerprint density at radius 3 is 2.29 bits per heavy atom. The number of fused-ring (bicyclic) bond motifs is 1. The predicted molar refractivity (Wildman–Crippen MR) is 110 cm³/mol. The highest BCUT2D eigenvalue weighted by molar-refractivity contribution is 6.40. The van der Waals surface area contributed by atoms with E-state index >= 15 is 0 Å². The van der Waals surface area contributed by atoms with Crippen LogP contribution in [0.1, 0.15) is 31.1 Å². The van der Waals surface area contributed by atoms with Crippen LogP contribution in [-0.2, 0) is 0 Å². The molecule has 0 aliphatic carbocycles. The smallest absolute Gasteiger partial charge is 0.387 e. The van der Waals surface area contributed by atoms with Crippen LogP contribution < -0.4 is 15.0 Å². The van der Waals surface area contributed by atoms with Gasteiger partial charge in [0.15, 0.2) is 0 Å². The Morgan fingerprint density at radius 1 is 0.935 bits per heavy atom. The highest BCUT2D eigenvalue weighted by Gasteiger charge is 2.38. The average Bonchev–Trinajstić information content (AvgIpc) is 2.99. The third-order valence-electron chi connectivity index (χ3n) is 4.58. The molecule has 1 N–H and O–H groups in total. The molecule has 3 aromatic rings. The highest BCUT2D eigenvalue weighted by Crippen LogP contribution is 2.33. The van der Waals surface area contributed by atoms with Crippen molar-refractivity contribution in [3.63, 3.8) is 0 Å². The van der Waals surface area contributed by atoms with Gasteiger partial charge in [0.25, 0.3) is 17.7 Å². The van der Waals surface area contributed by atoms with Gasteiger partial charge in [0.05, 0.1) is 21.8 Å². The van der Waals surface area contributed by atoms with Crippen molar-refractivity contribution in [1.82, 2.24) is 0 Å². The van der Waals surface area contributed by atoms with Crippen molar-refractivity contribution in [2.24, 2.45) is 0 Å². The van der Waals surface area contributed by atoms with E-state index in [0.29, 0.717) is 5.69 Å². The van der Waals surface area contributed by atoms with Crippen LogP contribution in [0, 0.1) is 0 Å². The number of para-hydroxylation sites is 1. The summed E-state index contributed by atoms with van der Waals surface area (Å²) in [5, 5.41) is 2.84. The molecule has 0 bridgehead atoms. The molecule has 4 rings (SSSR count). The normalized spacial score (nSPS) is 12.8. The summed E-state index contributed by atoms with van der Waals surface area (Å²) < 4.78 is 28.7. The van der Waals surface area contributed by atoms with Crippen LogP contribution in [0.3, 0.4) is 0 Å². The fourth-order valence-corrected chi connectivity index (χ4v) is 3.38. The first-order chi connectivity index (χ1) is 14.8. The molecule has 1 aliphatic rings. The minimum Gasteiger partial charge on any atom is -0.435 e. The molecular formula is C22H13ClF2N2O4. The maximum atomic E-state index is 12.9. The van der Waals surface area contributed by atoms with Gasteiger partial charge >= 0.3 is 6.61 Å². The zero-order valence-electron chi connectivity index (χ0n) is 15.6. The lowest BCUT2D eigenvalue weighted by Gasteiger charge is -2.15. The molecule has 1 heterocycles. The number of halogens is 3. The number of rotatable bonds is 5. The first-order valence-corrected chi connectivity index (χ1v) is 9.36. The lowest BCUT2D eigenvalue weighted by molar-refractivity contribution is -0.0498. The van der Waals surface area contributed by atoms with Crippen molar-refractivity contribution in [1.29, 1.82) is 0 Å². The van der Waals surface area contributed by atoms with Crippen LogP contribution in [0.2, 0.25) is 5.02 Å². The fraction of sp³-hybridized carbons (Fsp3) is 0.0455. The van der Waals surface area contributed by atoms with Crippen molar-refractivity contribution < 1.29 is 27.9 Å². The van der Waals surface area contributed by atoms with Crippen molar-refractivity contribution in [2.45, 2.75) is 6.61 Å². The Labute approximate surface area is 180 Å². The lowest BCUT2D eigenvalue weighted by atomic mass is 10.1. The van der Waals surface area contributed by atoms with Crippen LogP contribution in [0.4, 0.5) is 20.2 Å². The Hall–Kier alpha value is -3.78. The van der Waals surface area contributed by atoms with Gasteiger partial charge in [-0.05, 0) is 54.6 Å². The number of anilines is 2. The number of amides is 3. The number of alkyl halides is 2. The van der Waals surface area contributed by atoms with Gasteiger partial charge in [0.2, 0.25) is 0 Å². The van der Waals surface area contributed by atoms with Gasteiger partial charge < -0.3 is 10.1 Å². The van der Waals surface area contributed by atoms with Gasteiger partial charge in [-0.1, -0.05) is 23.7 Å². The molecule has 0 radical (unpaired) electrons. The number of imide groups is 1. The van der Waals surface area contributed by atoms with Crippen molar-refractivity contribution in [3.8, 4) is 5.75 Å². The minimum absolute atomic E-state index is 0.0469. The molecule has 0 aromatic heterocycles. The maximum Gasteiger partial charge on any atom is 0.387 e. The molecule has 3 aromatic carbocycles. The fourth-order valence-electron chi connectivity index (χ4n) is 3.16. The third-order valence-corrected chi connectivity index (χ3v) is 4.90. The zero-order chi connectivity index (χ0) is 22.1. The molecule has 9 heteroatoms. The van der Waals surface area contributed by atoms with E-state index in [1.807, 2.05) is 0 Å². The summed E-state index contributed by atoms with van der Waals surface area (Å²) >= 11 is 6.13. The van der Waals surface area contributed by atoms with E-state index in [9.17, 15) is 23.2 Å². The summed E-state index contributed by atoms with van der Waals surface area (Å²) in [6, 6.07) is 16.0. The number of benzene rings is 3. The van der Waals surface area contributed by atoms with Gasteiger partial charge in [-0.3, -0.25) is 14.4 Å². The van der Waals surface area contributed by atoms with Crippen LogP contribution in [0.25, 0.3) is 0 Å². The van der Waals surface area contributed by atoms with E-state index in [-0.39, 0.29) is 33.1 Å². The van der Waals surface area contributed by atoms with Crippen molar-refractivity contribution in [2.75, 3.05) is 10.2 Å². The van der Waals surface area contributed by atoms with Gasteiger partial charge in [-0.25, -0.2) is 4.90 Å². The molecule has 0 atom stereocenters. The summed E-state index contributed by atoms with van der Waals surface area (Å²) in [7, 11) is 0. The van der Waals surface area contributed by atoms with Crippen molar-refractivity contribution in [3.05, 3.63) is 88.4 Å². The highest BCUT2D eigenvalue weighted by atomic mass is 35.5. The quantitative estimate of drug-likeness (QED) is 0.564. The molecule has 0 unspecified atom stereocenters. The second-order valence-corrected chi connectivity index (χ2v) is 6.92. The monoisotopic (exact) mass is 442 g/mol. The predicted octanol–water partition coefficient (Wildman–Crippen LogP) is 4.99. The van der Waals surface area contributed by atoms with Gasteiger partial charge in [-0.2, -0.15) is 8.78 Å². The molecule has 0 saturated carbocycles. The van der Waals surface area contributed by atoms with E-state index in [0.717, 1.165) is 4.90 Å². The molecule has 1 aliphatic heterocycles. The van der Waals surface area contributed by atoms with Crippen LogP contribution in [-0.4, -0.2) is 24.3 Å². The second-order valence-electron chi connectivity index (χ2n) is 6.51. The molecule has 0 spiro atoms. The van der Waals surface area contributed by atoms with E-state index in [2.05, 4.69) is 10.1 Å². The third kappa shape index (κ3) is 3.97. The number of nitrogens with one attached hydrogen (secondary N) is 1. The summed E-state index contributed by atoms with van der Waals surface area (Å²) in [5.41, 5.74) is 0.988. The SMILES string of the molecule is O=C(Nc1ccc(OC(F)F)cc1)c1ccc2c(c1)C(=O)N(c1ccccc1Cl)C2=O. The molecule has 0 saturated heterocycles. The Kier molecular flexibility index (Phi) is 5.39. The summed E-state index contributed by atoms with van der Waals surface area (Å²) in [5.74, 6) is -1.71. The Bertz CT molecular complexity index is 1200. The van der Waals surface area contributed by atoms with Gasteiger partial charge in [0.1, 0.15) is 5.75 Å². The average molecular weight is 443 g/mol. The standard InChI is InChI=1S/C22H13ClF2N2O4/c23-17-3-1-2-4-18(17)27-20(29)15-10-5-12(11-16(15)21(27)30)19(28)26-13-6-8-14(9-7-13)31-22(24)25/h1-11,22H,(H,26,28). The van der Waals surface area contributed by atoms with Crippen LogP contribution >= 0.6 is 11.6 Å². The summed E-state index contributed by atoms with van der Waals surface area (Å²) in [6.07, 6.45) is 0. The second kappa shape index (κ2) is 8.16. The topological polar surface area (TPSA) is 75.7 Å². The van der Waals surface area contributed by atoms with Crippen LogP contribution in [0.5, 0.6) is 5.75 Å². The lowest BCUT2D eigenvalue weighted by Crippen LogP contribution is -2.29. The Morgan fingerprint density at radius 2 is 1.61 bits per heavy atom. The Balaban J connectivity index is 1.56. The van der Waals surface area contributed by atoms with Gasteiger partial charge in [0, 0.05) is 11.3 Å². The molecule has 3 amide bonds. The number of hydrogen-bond donors (Lipinski definition) is 1. The molecular weight excluding hydrogens is 430 g/mol. The molecule has 156 valence electrons. The van der Waals surface area contributed by atoms with E-state index < -0.39 is 24.3 Å². The molecule has 6 nitrogen and oxygen atoms in total. The van der Waals surface area contributed by atoms with Crippen LogP contribution in [0.15, 0.2) is 66.7 Å². The van der Waals surface area contributed by atoms with Crippen molar-refractivity contribution >= 4 is 40.7 Å². The molecule has 31 heavy (non-hydrogen) atoms. The molecule has 0 fully saturated rings. The number of carbonyl (C=O) groups is 3. The number of carbonyl (C=O) groups excluding carboxylic acids is 3. The minimum atomic E-state index is -2.95. The summed E-state index contributed by atoms with van der Waals surface area (Å²) in [4.78, 5) is 39.1. The first kappa shape index (κ1) is 20.5. The first-order valence-electron chi connectivity index (χ1n) is 8.99. The number of ether oxygens (including phenoxy) is 1. The summed E-state index contributed by atoms with van der Waals surface area (Å²) in [6.45, 7) is -2.95. The van der Waals surface area contributed by atoms with Gasteiger partial charge in [-0.15, -0.1) is 0 Å².